The molecule has 4 heteroatoms. The lowest BCUT2D eigenvalue weighted by Gasteiger charge is -2.10. The fraction of sp³-hybridized carbons (Fsp3) is 0.188. The topological polar surface area (TPSA) is 48.8 Å². The van der Waals surface area contributed by atoms with Crippen molar-refractivity contribution in [2.75, 3.05) is 0 Å². The number of nitrogens with zero attached hydrogens (tertiary/aromatic N) is 3. The summed E-state index contributed by atoms with van der Waals surface area (Å²) in [6.07, 6.45) is 6.01. The van der Waals surface area contributed by atoms with Gasteiger partial charge in [0.1, 0.15) is 0 Å². The average Bonchev–Trinajstić information content (AvgIpc) is 3.09. The molecule has 0 saturated heterocycles. The number of hydrogen-bond acceptors (Lipinski definition) is 2. The summed E-state index contributed by atoms with van der Waals surface area (Å²) in [5.74, 6) is 0. The van der Waals surface area contributed by atoms with Crippen LogP contribution in [0.15, 0.2) is 61.1 Å². The fourth-order valence-electron chi connectivity index (χ4n) is 2.35. The van der Waals surface area contributed by atoms with Crippen molar-refractivity contribution in [1.82, 2.24) is 14.3 Å². The number of aromatic nitrogens is 3. The van der Waals surface area contributed by atoms with Gasteiger partial charge in [-0.15, -0.1) is 0 Å². The van der Waals surface area contributed by atoms with Gasteiger partial charge in [0.25, 0.3) is 0 Å². The molecule has 1 unspecified atom stereocenters. The molecule has 0 radical (unpaired) electrons. The number of rotatable bonds is 4. The Labute approximate surface area is 118 Å². The van der Waals surface area contributed by atoms with E-state index in [-0.39, 0.29) is 6.04 Å². The van der Waals surface area contributed by atoms with E-state index in [0.717, 1.165) is 23.5 Å². The maximum Gasteiger partial charge on any atom is 0.0645 e. The summed E-state index contributed by atoms with van der Waals surface area (Å²) in [6, 6.07) is 14.2. The van der Waals surface area contributed by atoms with Gasteiger partial charge in [0.15, 0.2) is 0 Å². The zero-order valence-electron chi connectivity index (χ0n) is 11.5. The first-order valence-electron chi connectivity index (χ1n) is 6.73. The lowest BCUT2D eigenvalue weighted by Crippen LogP contribution is -2.12. The molecule has 0 aliphatic carbocycles. The highest BCUT2D eigenvalue weighted by Gasteiger charge is 2.07. The van der Waals surface area contributed by atoms with Crippen molar-refractivity contribution in [2.45, 2.75) is 19.5 Å². The molecule has 0 fully saturated rings. The molecule has 3 rings (SSSR count). The first kappa shape index (κ1) is 12.7. The van der Waals surface area contributed by atoms with Crippen LogP contribution in [-0.2, 0) is 6.54 Å². The number of para-hydroxylation sites is 1. The second-order valence-electron chi connectivity index (χ2n) is 4.98. The van der Waals surface area contributed by atoms with Gasteiger partial charge in [-0.3, -0.25) is 0 Å². The highest BCUT2D eigenvalue weighted by atomic mass is 15.3. The zero-order chi connectivity index (χ0) is 13.9. The molecule has 0 amide bonds. The third-order valence-corrected chi connectivity index (χ3v) is 3.34. The Balaban J connectivity index is 1.83. The summed E-state index contributed by atoms with van der Waals surface area (Å²) < 4.78 is 4.06. The average molecular weight is 266 g/mol. The van der Waals surface area contributed by atoms with Crippen LogP contribution in [0.2, 0.25) is 0 Å². The molecule has 2 aromatic heterocycles. The lowest BCUT2D eigenvalue weighted by atomic mass is 10.2. The van der Waals surface area contributed by atoms with Gasteiger partial charge in [0, 0.05) is 29.7 Å². The maximum absolute atomic E-state index is 5.97. The zero-order valence-corrected chi connectivity index (χ0v) is 11.5. The van der Waals surface area contributed by atoms with Crippen LogP contribution in [0.3, 0.4) is 0 Å². The Bertz CT molecular complexity index is 679. The first-order valence-corrected chi connectivity index (χ1v) is 6.73. The molecule has 0 spiro atoms. The third-order valence-electron chi connectivity index (χ3n) is 3.34. The van der Waals surface area contributed by atoms with Crippen LogP contribution in [0, 0.1) is 0 Å². The molecule has 20 heavy (non-hydrogen) atoms. The van der Waals surface area contributed by atoms with E-state index < -0.39 is 0 Å². The molecule has 2 N–H and O–H groups in total. The second-order valence-corrected chi connectivity index (χ2v) is 4.98. The number of benzene rings is 1. The molecule has 1 aromatic carbocycles. The van der Waals surface area contributed by atoms with Gasteiger partial charge in [-0.05, 0) is 31.2 Å². The van der Waals surface area contributed by atoms with Gasteiger partial charge in [0.05, 0.1) is 18.4 Å². The van der Waals surface area contributed by atoms with E-state index in [4.69, 9.17) is 5.73 Å². The van der Waals surface area contributed by atoms with Crippen LogP contribution in [0.25, 0.3) is 5.69 Å². The summed E-state index contributed by atoms with van der Waals surface area (Å²) in [4.78, 5) is 0. The summed E-state index contributed by atoms with van der Waals surface area (Å²) in [5, 5.41) is 4.41. The molecule has 102 valence electrons. The number of nitrogens with two attached hydrogens (primary N) is 1. The standard InChI is InChI=1S/C16H18N4/c1-13(17)16-8-5-9-19(16)11-14-10-18-20(12-14)15-6-3-2-4-7-15/h2-10,12-13H,11,17H2,1H3. The smallest absolute Gasteiger partial charge is 0.0645 e. The van der Waals surface area contributed by atoms with Crippen LogP contribution in [-0.4, -0.2) is 14.3 Å². The van der Waals surface area contributed by atoms with Crippen LogP contribution >= 0.6 is 0 Å². The molecule has 0 aliphatic rings. The van der Waals surface area contributed by atoms with E-state index in [1.165, 1.54) is 0 Å². The Morgan fingerprint density at radius 2 is 1.95 bits per heavy atom. The Morgan fingerprint density at radius 1 is 1.15 bits per heavy atom. The van der Waals surface area contributed by atoms with Crippen LogP contribution in [0.4, 0.5) is 0 Å². The second kappa shape index (κ2) is 5.35. The minimum Gasteiger partial charge on any atom is -0.345 e. The Hall–Kier alpha value is -2.33. The molecule has 4 nitrogen and oxygen atoms in total. The van der Waals surface area contributed by atoms with Crippen molar-refractivity contribution >= 4 is 0 Å². The summed E-state index contributed by atoms with van der Waals surface area (Å²) in [6.45, 7) is 2.79. The van der Waals surface area contributed by atoms with Crippen molar-refractivity contribution in [2.24, 2.45) is 5.73 Å². The molecular weight excluding hydrogens is 248 g/mol. The van der Waals surface area contributed by atoms with Gasteiger partial charge in [-0.1, -0.05) is 18.2 Å². The summed E-state index contributed by atoms with van der Waals surface area (Å²) in [7, 11) is 0. The predicted octanol–water partition coefficient (Wildman–Crippen LogP) is 2.74. The van der Waals surface area contributed by atoms with Gasteiger partial charge in [0.2, 0.25) is 0 Å². The predicted molar refractivity (Wildman–Crippen MR) is 79.7 cm³/mol. The normalized spacial score (nSPS) is 12.5. The van der Waals surface area contributed by atoms with Crippen molar-refractivity contribution in [3.63, 3.8) is 0 Å². The lowest BCUT2D eigenvalue weighted by molar-refractivity contribution is 0.675. The summed E-state index contributed by atoms with van der Waals surface area (Å²) >= 11 is 0. The Kier molecular flexibility index (Phi) is 3.39. The van der Waals surface area contributed by atoms with E-state index in [1.807, 2.05) is 54.2 Å². The van der Waals surface area contributed by atoms with Crippen molar-refractivity contribution in [3.8, 4) is 5.69 Å². The highest BCUT2D eigenvalue weighted by molar-refractivity contribution is 5.31. The van der Waals surface area contributed by atoms with Crippen LogP contribution < -0.4 is 5.73 Å². The van der Waals surface area contributed by atoms with Gasteiger partial charge in [-0.2, -0.15) is 5.10 Å². The van der Waals surface area contributed by atoms with Gasteiger partial charge in [-0.25, -0.2) is 4.68 Å². The van der Waals surface area contributed by atoms with E-state index in [2.05, 4.69) is 28.1 Å². The van der Waals surface area contributed by atoms with Crippen LogP contribution in [0.5, 0.6) is 0 Å². The van der Waals surface area contributed by atoms with Crippen molar-refractivity contribution in [3.05, 3.63) is 72.3 Å². The third kappa shape index (κ3) is 2.51. The maximum atomic E-state index is 5.97. The largest absolute Gasteiger partial charge is 0.345 e. The Morgan fingerprint density at radius 3 is 2.70 bits per heavy atom. The minimum absolute atomic E-state index is 0.0363. The molecular formula is C16H18N4. The molecule has 2 heterocycles. The van der Waals surface area contributed by atoms with E-state index in [1.54, 1.807) is 0 Å². The molecule has 3 aromatic rings. The molecule has 0 saturated carbocycles. The van der Waals surface area contributed by atoms with Gasteiger partial charge >= 0.3 is 0 Å². The van der Waals surface area contributed by atoms with Crippen molar-refractivity contribution in [1.29, 1.82) is 0 Å². The van der Waals surface area contributed by atoms with E-state index in [0.29, 0.717) is 0 Å². The number of hydrogen-bond donors (Lipinski definition) is 1. The SMILES string of the molecule is CC(N)c1cccn1Cc1cnn(-c2ccccc2)c1. The van der Waals surface area contributed by atoms with Gasteiger partial charge < -0.3 is 10.3 Å². The first-order chi connectivity index (χ1) is 9.74. The fourth-order valence-corrected chi connectivity index (χ4v) is 2.35. The molecule has 1 atom stereocenters. The molecule has 0 bridgehead atoms. The highest BCUT2D eigenvalue weighted by Crippen LogP contribution is 2.14. The quantitative estimate of drug-likeness (QED) is 0.789. The molecule has 0 aliphatic heterocycles. The van der Waals surface area contributed by atoms with E-state index in [9.17, 15) is 0 Å². The van der Waals surface area contributed by atoms with Crippen LogP contribution in [0.1, 0.15) is 24.2 Å². The minimum atomic E-state index is 0.0363. The van der Waals surface area contributed by atoms with E-state index >= 15 is 0 Å². The van der Waals surface area contributed by atoms with Crippen molar-refractivity contribution < 1.29 is 0 Å². The monoisotopic (exact) mass is 266 g/mol. The summed E-state index contributed by atoms with van der Waals surface area (Å²) in [5.41, 5.74) is 9.33.